The quantitative estimate of drug-likeness (QED) is 0.486. The van der Waals surface area contributed by atoms with E-state index in [-0.39, 0.29) is 0 Å². The number of hydrogen-bond acceptors (Lipinski definition) is 3. The van der Waals surface area contributed by atoms with Gasteiger partial charge in [-0.25, -0.2) is 4.98 Å². The van der Waals surface area contributed by atoms with Crippen LogP contribution in [0.4, 0.5) is 0 Å². The number of fused-ring (bicyclic) bond motifs is 1. The predicted molar refractivity (Wildman–Crippen MR) is 105 cm³/mol. The van der Waals surface area contributed by atoms with Gasteiger partial charge in [0.1, 0.15) is 10.8 Å². The molecule has 0 bridgehead atoms. The third-order valence-electron chi connectivity index (χ3n) is 4.38. The number of thiazole rings is 1. The molecule has 0 amide bonds. The van der Waals surface area contributed by atoms with Crippen molar-refractivity contribution in [2.75, 3.05) is 6.61 Å². The van der Waals surface area contributed by atoms with Crippen molar-refractivity contribution in [1.29, 1.82) is 0 Å². The fourth-order valence-electron chi connectivity index (χ4n) is 3.11. The highest BCUT2D eigenvalue weighted by molar-refractivity contribution is 7.13. The summed E-state index contributed by atoms with van der Waals surface area (Å²) in [4.78, 5) is 8.29. The number of hydrogen-bond donors (Lipinski definition) is 1. The van der Waals surface area contributed by atoms with Gasteiger partial charge in [0.25, 0.3) is 0 Å². The second-order valence-electron chi connectivity index (χ2n) is 5.89. The summed E-state index contributed by atoms with van der Waals surface area (Å²) in [5, 5.41) is 4.40. The number of aryl methyl sites for hydroxylation is 1. The summed E-state index contributed by atoms with van der Waals surface area (Å²) in [6.07, 6.45) is 3.09. The van der Waals surface area contributed by atoms with Crippen LogP contribution in [0.15, 0.2) is 54.0 Å². The van der Waals surface area contributed by atoms with Gasteiger partial charge < -0.3 is 9.72 Å². The van der Waals surface area contributed by atoms with E-state index in [1.807, 2.05) is 19.1 Å². The Balaban J connectivity index is 1.70. The summed E-state index contributed by atoms with van der Waals surface area (Å²) in [6.45, 7) is 4.86. The number of H-pyrrole nitrogens is 1. The molecule has 0 unspecified atom stereocenters. The van der Waals surface area contributed by atoms with Gasteiger partial charge in [-0.3, -0.25) is 0 Å². The van der Waals surface area contributed by atoms with E-state index in [0.29, 0.717) is 6.61 Å². The molecule has 2 heterocycles. The van der Waals surface area contributed by atoms with Crippen molar-refractivity contribution in [1.82, 2.24) is 9.97 Å². The third-order valence-corrected chi connectivity index (χ3v) is 5.27. The van der Waals surface area contributed by atoms with Crippen molar-refractivity contribution in [2.24, 2.45) is 0 Å². The van der Waals surface area contributed by atoms with E-state index in [1.54, 1.807) is 11.3 Å². The Morgan fingerprint density at radius 1 is 1.08 bits per heavy atom. The van der Waals surface area contributed by atoms with Crippen molar-refractivity contribution in [3.05, 3.63) is 59.6 Å². The van der Waals surface area contributed by atoms with Crippen LogP contribution in [0.1, 0.15) is 19.4 Å². The normalized spacial score (nSPS) is 11.1. The molecule has 0 atom stereocenters. The van der Waals surface area contributed by atoms with Crippen LogP contribution in [0.3, 0.4) is 0 Å². The van der Waals surface area contributed by atoms with Crippen molar-refractivity contribution >= 4 is 22.2 Å². The molecule has 4 heteroatoms. The van der Waals surface area contributed by atoms with Gasteiger partial charge in [0.15, 0.2) is 0 Å². The van der Waals surface area contributed by atoms with Crippen LogP contribution in [-0.4, -0.2) is 16.6 Å². The van der Waals surface area contributed by atoms with E-state index >= 15 is 0 Å². The molecule has 2 aromatic carbocycles. The van der Waals surface area contributed by atoms with Gasteiger partial charge in [0.2, 0.25) is 0 Å². The lowest BCUT2D eigenvalue weighted by Crippen LogP contribution is -1.90. The lowest BCUT2D eigenvalue weighted by Gasteiger charge is -2.03. The average Bonchev–Trinajstić information content (AvgIpc) is 3.29. The minimum Gasteiger partial charge on any atom is -0.494 e. The molecule has 0 radical (unpaired) electrons. The highest BCUT2D eigenvalue weighted by Gasteiger charge is 2.12. The van der Waals surface area contributed by atoms with Gasteiger partial charge in [-0.15, -0.1) is 11.3 Å². The fourth-order valence-corrected chi connectivity index (χ4v) is 3.94. The van der Waals surface area contributed by atoms with E-state index in [9.17, 15) is 0 Å². The van der Waals surface area contributed by atoms with Gasteiger partial charge in [-0.1, -0.05) is 25.1 Å². The average molecular weight is 348 g/mol. The maximum atomic E-state index is 5.51. The Labute approximate surface area is 151 Å². The third kappa shape index (κ3) is 2.94. The highest BCUT2D eigenvalue weighted by Crippen LogP contribution is 2.34. The van der Waals surface area contributed by atoms with E-state index in [4.69, 9.17) is 9.72 Å². The summed E-state index contributed by atoms with van der Waals surface area (Å²) in [5.74, 6) is 0.895. The van der Waals surface area contributed by atoms with Crippen molar-refractivity contribution < 1.29 is 4.74 Å². The SMILES string of the molecule is CCOc1ccc(-c2nc(-c3c[nH]c4c(CC)cccc34)cs2)cc1. The molecule has 0 saturated carbocycles. The van der Waals surface area contributed by atoms with Gasteiger partial charge >= 0.3 is 0 Å². The standard InChI is InChI=1S/C21H20N2OS/c1-3-14-6-5-7-17-18(12-22-20(14)17)19-13-25-21(23-19)15-8-10-16(11-9-15)24-4-2/h5-13,22H,3-4H2,1-2H3. The minimum absolute atomic E-state index is 0.682. The zero-order valence-corrected chi connectivity index (χ0v) is 15.2. The van der Waals surface area contributed by atoms with Crippen LogP contribution in [0, 0.1) is 0 Å². The molecule has 0 spiro atoms. The van der Waals surface area contributed by atoms with E-state index < -0.39 is 0 Å². The van der Waals surface area contributed by atoms with E-state index in [1.165, 1.54) is 22.0 Å². The number of nitrogens with one attached hydrogen (secondary N) is 1. The second kappa shape index (κ2) is 6.73. The Bertz CT molecular complexity index is 998. The molecule has 0 aliphatic carbocycles. The topological polar surface area (TPSA) is 37.9 Å². The van der Waals surface area contributed by atoms with Crippen LogP contribution in [0.25, 0.3) is 32.7 Å². The van der Waals surface area contributed by atoms with Crippen LogP contribution < -0.4 is 4.74 Å². The maximum Gasteiger partial charge on any atom is 0.124 e. The number of aromatic nitrogens is 2. The van der Waals surface area contributed by atoms with E-state index in [2.05, 4.69) is 53.8 Å². The highest BCUT2D eigenvalue weighted by atomic mass is 32.1. The summed E-state index contributed by atoms with van der Waals surface area (Å²) in [6, 6.07) is 14.6. The molecule has 0 aliphatic heterocycles. The van der Waals surface area contributed by atoms with Gasteiger partial charge in [-0.2, -0.15) is 0 Å². The molecule has 4 aromatic rings. The first kappa shape index (κ1) is 15.9. The van der Waals surface area contributed by atoms with Gasteiger partial charge in [0, 0.05) is 33.6 Å². The molecule has 126 valence electrons. The van der Waals surface area contributed by atoms with Gasteiger partial charge in [-0.05, 0) is 43.2 Å². The second-order valence-corrected chi connectivity index (χ2v) is 6.75. The van der Waals surface area contributed by atoms with Crippen molar-refractivity contribution in [3.63, 3.8) is 0 Å². The zero-order valence-electron chi connectivity index (χ0n) is 14.4. The molecule has 25 heavy (non-hydrogen) atoms. The first-order valence-corrected chi connectivity index (χ1v) is 9.46. The number of nitrogens with zero attached hydrogens (tertiary/aromatic N) is 1. The number of aromatic amines is 1. The zero-order chi connectivity index (χ0) is 17.2. The molecule has 2 aromatic heterocycles. The van der Waals surface area contributed by atoms with Crippen LogP contribution in [0.2, 0.25) is 0 Å². The van der Waals surface area contributed by atoms with Crippen LogP contribution >= 0.6 is 11.3 Å². The van der Waals surface area contributed by atoms with Crippen molar-refractivity contribution in [2.45, 2.75) is 20.3 Å². The summed E-state index contributed by atoms with van der Waals surface area (Å²) in [7, 11) is 0. The van der Waals surface area contributed by atoms with E-state index in [0.717, 1.165) is 28.4 Å². The summed E-state index contributed by atoms with van der Waals surface area (Å²) < 4.78 is 5.51. The van der Waals surface area contributed by atoms with Crippen molar-refractivity contribution in [3.8, 4) is 27.6 Å². The summed E-state index contributed by atoms with van der Waals surface area (Å²) >= 11 is 1.67. The van der Waals surface area contributed by atoms with Crippen LogP contribution in [0.5, 0.6) is 5.75 Å². The Kier molecular flexibility index (Phi) is 4.28. The first-order chi connectivity index (χ1) is 12.3. The Hall–Kier alpha value is -2.59. The molecule has 1 N–H and O–H groups in total. The molecule has 3 nitrogen and oxygen atoms in total. The smallest absolute Gasteiger partial charge is 0.124 e. The first-order valence-electron chi connectivity index (χ1n) is 8.58. The lowest BCUT2D eigenvalue weighted by molar-refractivity contribution is 0.340. The number of benzene rings is 2. The maximum absolute atomic E-state index is 5.51. The van der Waals surface area contributed by atoms with Crippen LogP contribution in [-0.2, 0) is 6.42 Å². The Morgan fingerprint density at radius 3 is 2.68 bits per heavy atom. The molecule has 0 saturated heterocycles. The van der Waals surface area contributed by atoms with Gasteiger partial charge in [0.05, 0.1) is 12.3 Å². The summed E-state index contributed by atoms with van der Waals surface area (Å²) in [5.41, 5.74) is 5.86. The number of ether oxygens (including phenoxy) is 1. The predicted octanol–water partition coefficient (Wildman–Crippen LogP) is 5.92. The number of para-hydroxylation sites is 1. The molecular weight excluding hydrogens is 328 g/mol. The number of rotatable bonds is 5. The monoisotopic (exact) mass is 348 g/mol. The molecular formula is C21H20N2OS. The Morgan fingerprint density at radius 2 is 1.92 bits per heavy atom. The largest absolute Gasteiger partial charge is 0.494 e. The fraction of sp³-hybridized carbons (Fsp3) is 0.190. The molecule has 0 fully saturated rings. The minimum atomic E-state index is 0.682. The lowest BCUT2D eigenvalue weighted by atomic mass is 10.1. The molecule has 0 aliphatic rings. The molecule has 4 rings (SSSR count).